The Hall–Kier alpha value is -5.55. The number of benzene rings is 4. The Morgan fingerprint density at radius 3 is 1.83 bits per heavy atom. The van der Waals surface area contributed by atoms with Gasteiger partial charge in [-0.05, 0) is 99.3 Å². The molecule has 5 nitrogen and oxygen atoms in total. The Labute approximate surface area is 282 Å². The van der Waals surface area contributed by atoms with Crippen LogP contribution in [0.3, 0.4) is 0 Å². The molecule has 0 aliphatic carbocycles. The number of pyridine rings is 2. The van der Waals surface area contributed by atoms with Gasteiger partial charge in [0.2, 0.25) is 5.88 Å². The standard InChI is InChI=1S/C43H40N4O/c1-42(2,3)32-25-29(26-33(27-32)43(4,5)6)28-22-30(24-31(23-28)37-18-10-11-20-44-37)35-16-12-19-38-39(35)46-40(36-17-13-21-45-41(36)48)47(38)34-14-8-7-9-15-34/h7-27H,1-6H3,(H,45,48). The lowest BCUT2D eigenvalue weighted by Crippen LogP contribution is -2.16. The summed E-state index contributed by atoms with van der Waals surface area (Å²) in [7, 11) is 0. The third kappa shape index (κ3) is 5.88. The fourth-order valence-corrected chi connectivity index (χ4v) is 6.21. The Balaban J connectivity index is 1.52. The first kappa shape index (κ1) is 31.1. The van der Waals surface area contributed by atoms with Gasteiger partial charge in [0.25, 0.3) is 0 Å². The summed E-state index contributed by atoms with van der Waals surface area (Å²) in [6.07, 6.45) is 3.43. The van der Waals surface area contributed by atoms with Crippen LogP contribution in [-0.4, -0.2) is 24.6 Å². The van der Waals surface area contributed by atoms with Gasteiger partial charge in [-0.1, -0.05) is 96.1 Å². The van der Waals surface area contributed by atoms with Crippen molar-refractivity contribution in [1.82, 2.24) is 19.5 Å². The molecule has 48 heavy (non-hydrogen) atoms. The third-order valence-corrected chi connectivity index (χ3v) is 8.93. The van der Waals surface area contributed by atoms with Crippen LogP contribution < -0.4 is 0 Å². The van der Waals surface area contributed by atoms with E-state index in [1.807, 2.05) is 48.7 Å². The number of aromatic hydroxyl groups is 1. The van der Waals surface area contributed by atoms with Crippen molar-refractivity contribution in [1.29, 1.82) is 0 Å². The van der Waals surface area contributed by atoms with Crippen LogP contribution in [-0.2, 0) is 10.8 Å². The van der Waals surface area contributed by atoms with E-state index in [-0.39, 0.29) is 16.7 Å². The molecule has 3 aromatic heterocycles. The van der Waals surface area contributed by atoms with Crippen LogP contribution in [0, 0.1) is 0 Å². The van der Waals surface area contributed by atoms with Crippen LogP contribution >= 0.6 is 0 Å². The van der Waals surface area contributed by atoms with Crippen molar-refractivity contribution in [3.63, 3.8) is 0 Å². The van der Waals surface area contributed by atoms with E-state index in [1.54, 1.807) is 6.20 Å². The third-order valence-electron chi connectivity index (χ3n) is 8.93. The normalized spacial score (nSPS) is 12.0. The summed E-state index contributed by atoms with van der Waals surface area (Å²) in [5.41, 5.74) is 12.1. The van der Waals surface area contributed by atoms with E-state index < -0.39 is 0 Å². The molecule has 0 saturated carbocycles. The maximum atomic E-state index is 10.9. The van der Waals surface area contributed by atoms with Gasteiger partial charge in [0.15, 0.2) is 5.82 Å². The van der Waals surface area contributed by atoms with Gasteiger partial charge in [0, 0.05) is 29.2 Å². The summed E-state index contributed by atoms with van der Waals surface area (Å²) < 4.78 is 2.10. The number of imidazole rings is 1. The molecule has 0 radical (unpaired) electrons. The van der Waals surface area contributed by atoms with Crippen LogP contribution in [0.1, 0.15) is 52.7 Å². The van der Waals surface area contributed by atoms with Gasteiger partial charge in [-0.15, -0.1) is 0 Å². The van der Waals surface area contributed by atoms with Crippen molar-refractivity contribution in [3.8, 4) is 56.5 Å². The first-order valence-corrected chi connectivity index (χ1v) is 16.4. The zero-order valence-corrected chi connectivity index (χ0v) is 28.4. The van der Waals surface area contributed by atoms with E-state index in [0.717, 1.165) is 44.7 Å². The minimum absolute atomic E-state index is 0.0123. The lowest BCUT2D eigenvalue weighted by atomic mass is 9.78. The molecule has 0 amide bonds. The van der Waals surface area contributed by atoms with Gasteiger partial charge in [-0.25, -0.2) is 9.97 Å². The van der Waals surface area contributed by atoms with Gasteiger partial charge >= 0.3 is 0 Å². The largest absolute Gasteiger partial charge is 0.493 e. The zero-order valence-electron chi connectivity index (χ0n) is 28.4. The minimum atomic E-state index is -0.0562. The van der Waals surface area contributed by atoms with Crippen LogP contribution in [0.4, 0.5) is 0 Å². The molecule has 0 unspecified atom stereocenters. The van der Waals surface area contributed by atoms with Gasteiger partial charge in [-0.3, -0.25) is 9.55 Å². The Morgan fingerprint density at radius 2 is 1.17 bits per heavy atom. The smallest absolute Gasteiger partial charge is 0.222 e. The van der Waals surface area contributed by atoms with Crippen LogP contribution in [0.2, 0.25) is 0 Å². The lowest BCUT2D eigenvalue weighted by molar-refractivity contribution is 0.455. The highest BCUT2D eigenvalue weighted by Crippen LogP contribution is 2.40. The highest BCUT2D eigenvalue weighted by Gasteiger charge is 2.23. The van der Waals surface area contributed by atoms with E-state index in [9.17, 15) is 5.11 Å². The molecule has 0 aliphatic rings. The minimum Gasteiger partial charge on any atom is -0.493 e. The molecule has 3 heterocycles. The summed E-state index contributed by atoms with van der Waals surface area (Å²) in [4.78, 5) is 14.2. The Bertz CT molecular complexity index is 2220. The first-order valence-electron chi connectivity index (χ1n) is 16.4. The number of rotatable bonds is 5. The predicted octanol–water partition coefficient (Wildman–Crippen LogP) is 10.8. The summed E-state index contributed by atoms with van der Waals surface area (Å²) in [6.45, 7) is 13.6. The van der Waals surface area contributed by atoms with Gasteiger partial charge in [-0.2, -0.15) is 0 Å². The second kappa shape index (κ2) is 11.9. The van der Waals surface area contributed by atoms with Crippen molar-refractivity contribution >= 4 is 11.0 Å². The highest BCUT2D eigenvalue weighted by atomic mass is 16.3. The number of aromatic nitrogens is 4. The highest BCUT2D eigenvalue weighted by molar-refractivity contribution is 5.97. The van der Waals surface area contributed by atoms with Gasteiger partial charge < -0.3 is 5.11 Å². The van der Waals surface area contributed by atoms with Crippen molar-refractivity contribution in [3.05, 3.63) is 139 Å². The molecule has 0 aliphatic heterocycles. The topological polar surface area (TPSA) is 63.8 Å². The fraction of sp³-hybridized carbons (Fsp3) is 0.186. The zero-order chi connectivity index (χ0) is 33.6. The molecule has 4 aromatic carbocycles. The summed E-state index contributed by atoms with van der Waals surface area (Å²) in [6, 6.07) is 39.9. The monoisotopic (exact) mass is 628 g/mol. The van der Waals surface area contributed by atoms with E-state index in [0.29, 0.717) is 11.4 Å². The number of fused-ring (bicyclic) bond motifs is 1. The molecule has 7 rings (SSSR count). The number of nitrogens with zero attached hydrogens (tertiary/aromatic N) is 4. The second-order valence-electron chi connectivity index (χ2n) is 14.5. The van der Waals surface area contributed by atoms with E-state index in [2.05, 4.69) is 124 Å². The van der Waals surface area contributed by atoms with Crippen molar-refractivity contribution in [2.75, 3.05) is 0 Å². The van der Waals surface area contributed by atoms with Crippen LogP contribution in [0.5, 0.6) is 5.88 Å². The van der Waals surface area contributed by atoms with Gasteiger partial charge in [0.1, 0.15) is 0 Å². The number of hydrogen-bond acceptors (Lipinski definition) is 4. The Morgan fingerprint density at radius 1 is 0.542 bits per heavy atom. The van der Waals surface area contributed by atoms with Crippen molar-refractivity contribution < 1.29 is 5.11 Å². The fourth-order valence-electron chi connectivity index (χ4n) is 6.21. The van der Waals surface area contributed by atoms with E-state index in [4.69, 9.17) is 9.97 Å². The molecule has 5 heteroatoms. The van der Waals surface area contributed by atoms with Crippen LogP contribution in [0.25, 0.3) is 61.6 Å². The SMILES string of the molecule is CC(C)(C)c1cc(-c2cc(-c3ccccn3)cc(-c3cccc4c3nc(-c3cccnc3O)n4-c3ccccc3)c2)cc(C(C)(C)C)c1. The van der Waals surface area contributed by atoms with E-state index >= 15 is 0 Å². The maximum Gasteiger partial charge on any atom is 0.222 e. The summed E-state index contributed by atoms with van der Waals surface area (Å²) in [5, 5.41) is 10.9. The molecular formula is C43H40N4O. The molecule has 0 fully saturated rings. The summed E-state index contributed by atoms with van der Waals surface area (Å²) in [5.74, 6) is 0.572. The maximum absolute atomic E-state index is 10.9. The molecular weight excluding hydrogens is 589 g/mol. The number of hydrogen-bond donors (Lipinski definition) is 1. The lowest BCUT2D eigenvalue weighted by Gasteiger charge is -2.26. The molecule has 238 valence electrons. The second-order valence-corrected chi connectivity index (χ2v) is 14.5. The Kier molecular flexibility index (Phi) is 7.71. The molecule has 0 saturated heterocycles. The molecule has 0 atom stereocenters. The predicted molar refractivity (Wildman–Crippen MR) is 197 cm³/mol. The van der Waals surface area contributed by atoms with Crippen molar-refractivity contribution in [2.24, 2.45) is 0 Å². The summed E-state index contributed by atoms with van der Waals surface area (Å²) >= 11 is 0. The molecule has 0 bridgehead atoms. The molecule has 1 N–H and O–H groups in total. The van der Waals surface area contributed by atoms with Crippen LogP contribution in [0.15, 0.2) is 128 Å². The molecule has 7 aromatic rings. The van der Waals surface area contributed by atoms with E-state index in [1.165, 1.54) is 16.7 Å². The number of para-hydroxylation sites is 2. The van der Waals surface area contributed by atoms with Crippen molar-refractivity contribution in [2.45, 2.75) is 52.4 Å². The first-order chi connectivity index (χ1) is 23.0. The average molecular weight is 629 g/mol. The van der Waals surface area contributed by atoms with Gasteiger partial charge in [0.05, 0.1) is 22.3 Å². The quantitative estimate of drug-likeness (QED) is 0.206. The average Bonchev–Trinajstić information content (AvgIpc) is 3.48. The molecule has 0 spiro atoms.